The first-order chi connectivity index (χ1) is 14.7. The van der Waals surface area contributed by atoms with Gasteiger partial charge in [-0.2, -0.15) is 0 Å². The molecule has 8 heteroatoms. The lowest BCUT2D eigenvalue weighted by atomic mass is 9.90. The van der Waals surface area contributed by atoms with Crippen LogP contribution in [0, 0.1) is 0 Å². The van der Waals surface area contributed by atoms with Crippen LogP contribution in [0.3, 0.4) is 0 Å². The normalized spacial score (nSPS) is 18.3. The number of benzene rings is 1. The Labute approximate surface area is 181 Å². The molecule has 2 amide bonds. The topological polar surface area (TPSA) is 98.1 Å². The third kappa shape index (κ3) is 6.34. The molecule has 1 fully saturated rings. The standard InChI is InChI=1S/C23H28N2O6/c1-23(2,3)31-19(26)14-25-18(12-11-17-10-7-13-29-17)20(21(25)27)24-22(28)30-15-16-8-5-4-6-9-16/h4-10,13,18,20H,11-12,14-15H2,1-3H3,(H,24,28). The number of hydrogen-bond acceptors (Lipinski definition) is 6. The van der Waals surface area contributed by atoms with E-state index in [1.165, 1.54) is 4.90 Å². The van der Waals surface area contributed by atoms with Crippen molar-refractivity contribution in [3.05, 3.63) is 60.1 Å². The number of furan rings is 1. The predicted octanol–water partition coefficient (Wildman–Crippen LogP) is 3.06. The number of alkyl carbamates (subject to hydrolysis) is 1. The zero-order valence-electron chi connectivity index (χ0n) is 18.0. The van der Waals surface area contributed by atoms with E-state index in [1.807, 2.05) is 36.4 Å². The Balaban J connectivity index is 1.59. The van der Waals surface area contributed by atoms with E-state index in [-0.39, 0.29) is 25.1 Å². The molecule has 3 rings (SSSR count). The van der Waals surface area contributed by atoms with Crippen LogP contribution in [0.25, 0.3) is 0 Å². The number of rotatable bonds is 8. The number of aryl methyl sites for hydroxylation is 1. The van der Waals surface area contributed by atoms with E-state index in [1.54, 1.807) is 33.1 Å². The number of carbonyl (C=O) groups is 3. The van der Waals surface area contributed by atoms with E-state index in [0.29, 0.717) is 12.8 Å². The maximum absolute atomic E-state index is 12.7. The van der Waals surface area contributed by atoms with Crippen molar-refractivity contribution < 1.29 is 28.3 Å². The molecule has 1 aliphatic rings. The van der Waals surface area contributed by atoms with Crippen molar-refractivity contribution >= 4 is 18.0 Å². The molecule has 0 radical (unpaired) electrons. The van der Waals surface area contributed by atoms with Gasteiger partial charge in [0.2, 0.25) is 5.91 Å². The van der Waals surface area contributed by atoms with Crippen molar-refractivity contribution in [2.75, 3.05) is 6.54 Å². The zero-order chi connectivity index (χ0) is 22.4. The zero-order valence-corrected chi connectivity index (χ0v) is 18.0. The summed E-state index contributed by atoms with van der Waals surface area (Å²) in [4.78, 5) is 38.6. The van der Waals surface area contributed by atoms with Gasteiger partial charge < -0.3 is 24.1 Å². The van der Waals surface area contributed by atoms with Gasteiger partial charge in [0.05, 0.1) is 12.3 Å². The highest BCUT2D eigenvalue weighted by Gasteiger charge is 2.49. The van der Waals surface area contributed by atoms with Crippen LogP contribution in [0.4, 0.5) is 4.79 Å². The summed E-state index contributed by atoms with van der Waals surface area (Å²) in [5, 5.41) is 2.63. The number of ether oxygens (including phenoxy) is 2. The number of nitrogens with one attached hydrogen (secondary N) is 1. The molecule has 2 unspecified atom stereocenters. The lowest BCUT2D eigenvalue weighted by molar-refractivity contribution is -0.167. The van der Waals surface area contributed by atoms with Crippen LogP contribution in [0.5, 0.6) is 0 Å². The first-order valence-electron chi connectivity index (χ1n) is 10.2. The molecule has 1 aromatic heterocycles. The minimum absolute atomic E-state index is 0.103. The average Bonchev–Trinajstić information content (AvgIpc) is 3.23. The average molecular weight is 428 g/mol. The van der Waals surface area contributed by atoms with Gasteiger partial charge in [0.1, 0.15) is 30.6 Å². The molecular weight excluding hydrogens is 400 g/mol. The third-order valence-electron chi connectivity index (χ3n) is 4.81. The Morgan fingerprint density at radius 2 is 1.87 bits per heavy atom. The Bertz CT molecular complexity index is 889. The number of esters is 1. The number of hydrogen-bond donors (Lipinski definition) is 1. The molecule has 1 saturated heterocycles. The molecule has 0 spiro atoms. The Hall–Kier alpha value is -3.29. The van der Waals surface area contributed by atoms with Gasteiger partial charge in [-0.1, -0.05) is 30.3 Å². The van der Waals surface area contributed by atoms with Crippen LogP contribution in [0.2, 0.25) is 0 Å². The molecule has 31 heavy (non-hydrogen) atoms. The van der Waals surface area contributed by atoms with Crippen LogP contribution < -0.4 is 5.32 Å². The van der Waals surface area contributed by atoms with Gasteiger partial charge in [-0.25, -0.2) is 4.79 Å². The molecule has 2 aromatic rings. The fraction of sp³-hybridized carbons (Fsp3) is 0.435. The van der Waals surface area contributed by atoms with Crippen LogP contribution in [-0.2, 0) is 32.1 Å². The third-order valence-corrected chi connectivity index (χ3v) is 4.81. The molecule has 0 bridgehead atoms. The number of nitrogens with zero attached hydrogens (tertiary/aromatic N) is 1. The highest BCUT2D eigenvalue weighted by Crippen LogP contribution is 2.25. The summed E-state index contributed by atoms with van der Waals surface area (Å²) in [5.41, 5.74) is 0.201. The SMILES string of the molecule is CC(C)(C)OC(=O)CN1C(=O)C(NC(=O)OCc2ccccc2)C1CCc1ccco1. The summed E-state index contributed by atoms with van der Waals surface area (Å²) < 4.78 is 15.9. The summed E-state index contributed by atoms with van der Waals surface area (Å²) in [7, 11) is 0. The Morgan fingerprint density at radius 1 is 1.13 bits per heavy atom. The van der Waals surface area contributed by atoms with Gasteiger partial charge in [0.25, 0.3) is 0 Å². The smallest absolute Gasteiger partial charge is 0.408 e. The first-order valence-corrected chi connectivity index (χ1v) is 10.2. The molecule has 2 heterocycles. The number of amides is 2. The summed E-state index contributed by atoms with van der Waals surface area (Å²) in [6, 6.07) is 11.8. The Kier molecular flexibility index (Phi) is 6.99. The molecular formula is C23H28N2O6. The maximum atomic E-state index is 12.7. The molecule has 1 aliphatic heterocycles. The van der Waals surface area contributed by atoms with Crippen LogP contribution in [-0.4, -0.2) is 47.1 Å². The van der Waals surface area contributed by atoms with Crippen molar-refractivity contribution in [2.45, 2.75) is 57.9 Å². The second-order valence-electron chi connectivity index (χ2n) is 8.42. The quantitative estimate of drug-likeness (QED) is 0.513. The summed E-state index contributed by atoms with van der Waals surface area (Å²) in [6.07, 6.45) is 1.98. The van der Waals surface area contributed by atoms with Gasteiger partial charge in [0, 0.05) is 6.42 Å². The predicted molar refractivity (Wildman–Crippen MR) is 112 cm³/mol. The van der Waals surface area contributed by atoms with Gasteiger partial charge in [0.15, 0.2) is 0 Å². The maximum Gasteiger partial charge on any atom is 0.408 e. The largest absolute Gasteiger partial charge is 0.469 e. The van der Waals surface area contributed by atoms with E-state index in [4.69, 9.17) is 13.9 Å². The molecule has 0 aliphatic carbocycles. The van der Waals surface area contributed by atoms with Gasteiger partial charge in [-0.15, -0.1) is 0 Å². The second-order valence-corrected chi connectivity index (χ2v) is 8.42. The van der Waals surface area contributed by atoms with E-state index in [2.05, 4.69) is 5.32 Å². The van der Waals surface area contributed by atoms with Gasteiger partial charge in [-0.3, -0.25) is 9.59 Å². The number of likely N-dealkylation sites (tertiary alicyclic amines) is 1. The van der Waals surface area contributed by atoms with Crippen molar-refractivity contribution in [3.8, 4) is 0 Å². The summed E-state index contributed by atoms with van der Waals surface area (Å²) in [6.45, 7) is 5.24. The molecule has 2 atom stereocenters. The first kappa shape index (κ1) is 22.4. The second kappa shape index (κ2) is 9.68. The van der Waals surface area contributed by atoms with Crippen molar-refractivity contribution in [2.24, 2.45) is 0 Å². The minimum atomic E-state index is -0.763. The highest BCUT2D eigenvalue weighted by atomic mass is 16.6. The van der Waals surface area contributed by atoms with E-state index in [0.717, 1.165) is 11.3 Å². The Morgan fingerprint density at radius 3 is 2.52 bits per heavy atom. The van der Waals surface area contributed by atoms with Crippen molar-refractivity contribution in [1.29, 1.82) is 0 Å². The summed E-state index contributed by atoms with van der Waals surface area (Å²) in [5.74, 6) is -0.0668. The van der Waals surface area contributed by atoms with Gasteiger partial charge in [-0.05, 0) is 44.9 Å². The number of β-lactam (4-membered cyclic amide) rings is 1. The fourth-order valence-electron chi connectivity index (χ4n) is 3.43. The van der Waals surface area contributed by atoms with Crippen molar-refractivity contribution in [1.82, 2.24) is 10.2 Å². The minimum Gasteiger partial charge on any atom is -0.469 e. The van der Waals surface area contributed by atoms with Crippen LogP contribution in [0.15, 0.2) is 53.1 Å². The lowest BCUT2D eigenvalue weighted by Gasteiger charge is -2.46. The molecule has 166 valence electrons. The molecule has 1 N–H and O–H groups in total. The van der Waals surface area contributed by atoms with Gasteiger partial charge >= 0.3 is 12.1 Å². The lowest BCUT2D eigenvalue weighted by Crippen LogP contribution is -2.71. The highest BCUT2D eigenvalue weighted by molar-refractivity contribution is 5.94. The van der Waals surface area contributed by atoms with Crippen molar-refractivity contribution in [3.63, 3.8) is 0 Å². The summed E-state index contributed by atoms with van der Waals surface area (Å²) >= 11 is 0. The van der Waals surface area contributed by atoms with E-state index >= 15 is 0 Å². The fourth-order valence-corrected chi connectivity index (χ4v) is 3.43. The van der Waals surface area contributed by atoms with Crippen LogP contribution >= 0.6 is 0 Å². The van der Waals surface area contributed by atoms with E-state index in [9.17, 15) is 14.4 Å². The monoisotopic (exact) mass is 428 g/mol. The van der Waals surface area contributed by atoms with E-state index < -0.39 is 23.7 Å². The molecule has 1 aromatic carbocycles. The molecule has 8 nitrogen and oxygen atoms in total. The van der Waals surface area contributed by atoms with Crippen LogP contribution in [0.1, 0.15) is 38.5 Å². The molecule has 0 saturated carbocycles. The number of carbonyl (C=O) groups excluding carboxylic acids is 3.